The fourth-order valence-corrected chi connectivity index (χ4v) is 4.07. The van der Waals surface area contributed by atoms with Crippen LogP contribution in [0.2, 0.25) is 0 Å². The number of thiol groups is 1. The van der Waals surface area contributed by atoms with Gasteiger partial charge in [-0.15, -0.1) is 0 Å². The number of carboxylic acid groups (broad SMARTS) is 1. The van der Waals surface area contributed by atoms with E-state index in [9.17, 15) is 29.1 Å². The maximum atomic E-state index is 13.1. The van der Waals surface area contributed by atoms with E-state index in [1.807, 2.05) is 20.1 Å². The Morgan fingerprint density at radius 2 is 1.53 bits per heavy atom. The summed E-state index contributed by atoms with van der Waals surface area (Å²) in [5.41, 5.74) is 6.13. The van der Waals surface area contributed by atoms with Gasteiger partial charge in [-0.05, 0) is 37.7 Å². The SMILES string of the molecule is CSCC[C@H](NC(=O)[C@H](C)N)C(=O)N[C@@H](CS)C(=O)N[C@@H](Cc1cnc[nH]1)C(=O)N[C@@H](CC(C)C)C(=O)O. The quantitative estimate of drug-likeness (QED) is 0.108. The van der Waals surface area contributed by atoms with Gasteiger partial charge in [0.05, 0.1) is 12.4 Å². The standard InChI is InChI=1S/C23H39N7O6S2/c1-12(2)7-17(23(35)36)29-21(33)16(8-14-9-25-11-26-14)28-22(34)18(10-37)30-20(32)15(5-6-38-4)27-19(31)13(3)24/h9,11-13,15-18,37H,5-8,10,24H2,1-4H3,(H,25,26)(H,27,31)(H,28,34)(H,29,33)(H,30,32)(H,35,36)/t13-,15-,16-,17-,18-/m0/s1. The smallest absolute Gasteiger partial charge is 0.326 e. The minimum atomic E-state index is -1.19. The summed E-state index contributed by atoms with van der Waals surface area (Å²) in [5, 5.41) is 19.7. The molecule has 13 nitrogen and oxygen atoms in total. The Bertz CT molecular complexity index is 929. The highest BCUT2D eigenvalue weighted by atomic mass is 32.2. The highest BCUT2D eigenvalue weighted by Gasteiger charge is 2.31. The molecule has 0 fully saturated rings. The van der Waals surface area contributed by atoms with Crippen LogP contribution in [-0.4, -0.2) is 92.6 Å². The number of hydrogen-bond acceptors (Lipinski definition) is 9. The van der Waals surface area contributed by atoms with E-state index >= 15 is 0 Å². The minimum absolute atomic E-state index is 0.000374. The zero-order valence-electron chi connectivity index (χ0n) is 22.0. The minimum Gasteiger partial charge on any atom is -0.480 e. The molecule has 5 atom stereocenters. The highest BCUT2D eigenvalue weighted by Crippen LogP contribution is 2.08. The number of carbonyl (C=O) groups excluding carboxylic acids is 4. The number of nitrogens with one attached hydrogen (secondary N) is 5. The number of nitrogens with two attached hydrogens (primary N) is 1. The normalized spacial score (nSPS) is 15.0. The molecule has 0 saturated heterocycles. The number of carboxylic acids is 1. The molecule has 0 unspecified atom stereocenters. The van der Waals surface area contributed by atoms with Gasteiger partial charge in [0.25, 0.3) is 0 Å². The molecule has 0 saturated carbocycles. The van der Waals surface area contributed by atoms with E-state index in [2.05, 4.69) is 43.9 Å². The molecule has 0 aliphatic heterocycles. The molecule has 0 bridgehead atoms. The Labute approximate surface area is 232 Å². The monoisotopic (exact) mass is 573 g/mol. The summed E-state index contributed by atoms with van der Waals surface area (Å²) in [5.74, 6) is -3.23. The average molecular weight is 574 g/mol. The van der Waals surface area contributed by atoms with Crippen molar-refractivity contribution in [3.8, 4) is 0 Å². The summed E-state index contributed by atoms with van der Waals surface area (Å²) in [4.78, 5) is 69.6. The van der Waals surface area contributed by atoms with E-state index in [1.165, 1.54) is 31.2 Å². The second-order valence-corrected chi connectivity index (χ2v) is 10.6. The number of carbonyl (C=O) groups is 5. The van der Waals surface area contributed by atoms with Gasteiger partial charge in [-0.25, -0.2) is 9.78 Å². The van der Waals surface area contributed by atoms with Crippen LogP contribution in [0.15, 0.2) is 12.5 Å². The molecular formula is C23H39N7O6S2. The third kappa shape index (κ3) is 11.7. The van der Waals surface area contributed by atoms with E-state index in [0.717, 1.165) is 0 Å². The first-order valence-corrected chi connectivity index (χ1v) is 14.2. The fourth-order valence-electron chi connectivity index (χ4n) is 3.34. The average Bonchev–Trinajstić information content (AvgIpc) is 3.36. The van der Waals surface area contributed by atoms with Crippen molar-refractivity contribution in [2.45, 2.75) is 70.2 Å². The number of imidazole rings is 1. The molecule has 1 rings (SSSR count). The van der Waals surface area contributed by atoms with Crippen LogP contribution in [0.3, 0.4) is 0 Å². The van der Waals surface area contributed by atoms with Crippen LogP contribution in [0.1, 0.15) is 39.3 Å². The van der Waals surface area contributed by atoms with Crippen molar-refractivity contribution in [1.82, 2.24) is 31.2 Å². The Hall–Kier alpha value is -2.78. The number of rotatable bonds is 17. The molecule has 1 heterocycles. The van der Waals surface area contributed by atoms with Gasteiger partial charge in [-0.1, -0.05) is 13.8 Å². The van der Waals surface area contributed by atoms with Gasteiger partial charge in [0.15, 0.2) is 0 Å². The van der Waals surface area contributed by atoms with E-state index in [0.29, 0.717) is 17.9 Å². The number of H-pyrrole nitrogens is 1. The number of thioether (sulfide) groups is 1. The predicted molar refractivity (Wildman–Crippen MR) is 148 cm³/mol. The van der Waals surface area contributed by atoms with Crippen LogP contribution in [0, 0.1) is 5.92 Å². The summed E-state index contributed by atoms with van der Waals surface area (Å²) >= 11 is 5.66. The predicted octanol–water partition coefficient (Wildman–Crippen LogP) is -0.948. The Morgan fingerprint density at radius 1 is 0.974 bits per heavy atom. The lowest BCUT2D eigenvalue weighted by Crippen LogP contribution is -2.59. The first-order chi connectivity index (χ1) is 17.9. The van der Waals surface area contributed by atoms with Gasteiger partial charge in [-0.2, -0.15) is 24.4 Å². The van der Waals surface area contributed by atoms with Crippen LogP contribution in [-0.2, 0) is 30.4 Å². The first kappa shape index (κ1) is 33.2. The molecule has 0 spiro atoms. The van der Waals surface area contributed by atoms with Crippen molar-refractivity contribution in [3.05, 3.63) is 18.2 Å². The number of aromatic amines is 1. The fraction of sp³-hybridized carbons (Fsp3) is 0.652. The van der Waals surface area contributed by atoms with Crippen LogP contribution in [0.25, 0.3) is 0 Å². The van der Waals surface area contributed by atoms with Crippen LogP contribution in [0.5, 0.6) is 0 Å². The number of nitrogens with zero attached hydrogens (tertiary/aromatic N) is 1. The third-order valence-electron chi connectivity index (χ3n) is 5.41. The van der Waals surface area contributed by atoms with Crippen LogP contribution >= 0.6 is 24.4 Å². The van der Waals surface area contributed by atoms with Crippen molar-refractivity contribution in [1.29, 1.82) is 0 Å². The van der Waals surface area contributed by atoms with Crippen molar-refractivity contribution >= 4 is 54.0 Å². The van der Waals surface area contributed by atoms with E-state index in [4.69, 9.17) is 5.73 Å². The van der Waals surface area contributed by atoms with Crippen LogP contribution in [0.4, 0.5) is 0 Å². The molecule has 214 valence electrons. The number of amides is 4. The lowest BCUT2D eigenvalue weighted by atomic mass is 10.0. The van der Waals surface area contributed by atoms with Crippen molar-refractivity contribution in [2.24, 2.45) is 11.7 Å². The second-order valence-electron chi connectivity index (χ2n) is 9.25. The summed E-state index contributed by atoms with van der Waals surface area (Å²) in [6, 6.07) is -5.20. The zero-order chi connectivity index (χ0) is 28.8. The Kier molecular flexibility index (Phi) is 14.8. The molecule has 8 N–H and O–H groups in total. The topological polar surface area (TPSA) is 208 Å². The van der Waals surface area contributed by atoms with Crippen molar-refractivity contribution in [2.75, 3.05) is 17.8 Å². The Morgan fingerprint density at radius 3 is 2.03 bits per heavy atom. The number of aliphatic carboxylic acids is 1. The maximum Gasteiger partial charge on any atom is 0.326 e. The summed E-state index contributed by atoms with van der Waals surface area (Å²) < 4.78 is 0. The second kappa shape index (κ2) is 16.9. The molecule has 15 heteroatoms. The maximum absolute atomic E-state index is 13.1. The highest BCUT2D eigenvalue weighted by molar-refractivity contribution is 7.98. The molecule has 4 amide bonds. The summed E-state index contributed by atoms with van der Waals surface area (Å²) in [6.45, 7) is 5.15. The largest absolute Gasteiger partial charge is 0.480 e. The number of hydrogen-bond donors (Lipinski definition) is 8. The van der Waals surface area contributed by atoms with E-state index in [-0.39, 0.29) is 24.5 Å². The molecule has 38 heavy (non-hydrogen) atoms. The van der Waals surface area contributed by atoms with Gasteiger partial charge >= 0.3 is 5.97 Å². The molecule has 0 aliphatic rings. The van der Waals surface area contributed by atoms with Gasteiger partial charge in [0, 0.05) is 24.1 Å². The Balaban J connectivity index is 3.02. The zero-order valence-corrected chi connectivity index (χ0v) is 23.7. The molecule has 1 aromatic rings. The molecule has 0 aliphatic carbocycles. The molecule has 0 radical (unpaired) electrons. The lowest BCUT2D eigenvalue weighted by molar-refractivity contribution is -0.142. The summed E-state index contributed by atoms with van der Waals surface area (Å²) in [7, 11) is 0. The first-order valence-electron chi connectivity index (χ1n) is 12.2. The van der Waals surface area contributed by atoms with Crippen LogP contribution < -0.4 is 27.0 Å². The molecular weight excluding hydrogens is 534 g/mol. The molecule has 1 aromatic heterocycles. The van der Waals surface area contributed by atoms with Gasteiger partial charge in [0.1, 0.15) is 24.2 Å². The molecule has 0 aromatic carbocycles. The number of aromatic nitrogens is 2. The third-order valence-corrected chi connectivity index (χ3v) is 6.42. The van der Waals surface area contributed by atoms with Gasteiger partial charge in [0.2, 0.25) is 23.6 Å². The van der Waals surface area contributed by atoms with Gasteiger partial charge in [-0.3, -0.25) is 19.2 Å². The van der Waals surface area contributed by atoms with E-state index < -0.39 is 59.8 Å². The van der Waals surface area contributed by atoms with E-state index in [1.54, 1.807) is 0 Å². The van der Waals surface area contributed by atoms with Crippen molar-refractivity contribution in [3.63, 3.8) is 0 Å². The van der Waals surface area contributed by atoms with Gasteiger partial charge < -0.3 is 37.1 Å². The summed E-state index contributed by atoms with van der Waals surface area (Å²) in [6.07, 6.45) is 5.25. The lowest BCUT2D eigenvalue weighted by Gasteiger charge is -2.25. The van der Waals surface area contributed by atoms with Crippen molar-refractivity contribution < 1.29 is 29.1 Å².